The van der Waals surface area contributed by atoms with Gasteiger partial charge < -0.3 is 24.8 Å². The topological polar surface area (TPSA) is 121 Å². The Labute approximate surface area is 219 Å². The standard InChI is InChI=1S/C27H40N4O6/c1-7-10-12-19(26(33)28-16-24(32)37-6)29-27(34)20-15-21(31(30-20)17-18(8-2)9-3)25-22(35-4)13-11-14-23(25)36-5/h11,13-15,18-19H,7-10,12,16-17H2,1-6H3,(H,28,33)(H,29,34)/t19-/m0/s1. The van der Waals surface area contributed by atoms with E-state index in [1.807, 2.05) is 29.8 Å². The number of rotatable bonds is 15. The molecule has 2 aromatic rings. The van der Waals surface area contributed by atoms with Crippen LogP contribution in [0.2, 0.25) is 0 Å². The summed E-state index contributed by atoms with van der Waals surface area (Å²) in [7, 11) is 4.41. The highest BCUT2D eigenvalue weighted by atomic mass is 16.5. The Morgan fingerprint density at radius 2 is 1.68 bits per heavy atom. The van der Waals surface area contributed by atoms with E-state index >= 15 is 0 Å². The van der Waals surface area contributed by atoms with Gasteiger partial charge in [0, 0.05) is 6.54 Å². The SMILES string of the molecule is CCCC[C@H](NC(=O)c1cc(-c2c(OC)cccc2OC)n(CC(CC)CC)n1)C(=O)NCC(=O)OC. The van der Waals surface area contributed by atoms with E-state index < -0.39 is 23.8 Å². The van der Waals surface area contributed by atoms with Crippen molar-refractivity contribution < 1.29 is 28.6 Å². The first kappa shape index (κ1) is 29.7. The van der Waals surface area contributed by atoms with E-state index in [4.69, 9.17) is 9.47 Å². The molecule has 0 aliphatic heterocycles. The number of aromatic nitrogens is 2. The summed E-state index contributed by atoms with van der Waals surface area (Å²) in [6, 6.07) is 6.38. The lowest BCUT2D eigenvalue weighted by Gasteiger charge is -2.18. The van der Waals surface area contributed by atoms with Crippen molar-refractivity contribution in [1.29, 1.82) is 0 Å². The quantitative estimate of drug-likeness (QED) is 0.347. The third-order valence-electron chi connectivity index (χ3n) is 6.39. The predicted octanol–water partition coefficient (Wildman–Crippen LogP) is 3.58. The zero-order valence-corrected chi connectivity index (χ0v) is 22.8. The number of ether oxygens (including phenoxy) is 3. The molecule has 1 heterocycles. The van der Waals surface area contributed by atoms with Crippen LogP contribution in [-0.2, 0) is 20.9 Å². The molecule has 0 radical (unpaired) electrons. The summed E-state index contributed by atoms with van der Waals surface area (Å²) in [6.07, 6.45) is 3.92. The normalized spacial score (nSPS) is 11.6. The zero-order chi connectivity index (χ0) is 27.4. The Morgan fingerprint density at radius 1 is 1.03 bits per heavy atom. The molecule has 2 amide bonds. The van der Waals surface area contributed by atoms with E-state index in [9.17, 15) is 14.4 Å². The van der Waals surface area contributed by atoms with Crippen LogP contribution in [0.25, 0.3) is 11.3 Å². The fraction of sp³-hybridized carbons (Fsp3) is 0.556. The molecule has 10 nitrogen and oxygen atoms in total. The highest BCUT2D eigenvalue weighted by Gasteiger charge is 2.26. The van der Waals surface area contributed by atoms with Gasteiger partial charge in [-0.15, -0.1) is 0 Å². The van der Waals surface area contributed by atoms with Crippen LogP contribution in [0.15, 0.2) is 24.3 Å². The van der Waals surface area contributed by atoms with Crippen molar-refractivity contribution in [3.63, 3.8) is 0 Å². The summed E-state index contributed by atoms with van der Waals surface area (Å²) in [5.41, 5.74) is 1.56. The van der Waals surface area contributed by atoms with Crippen molar-refractivity contribution in [2.24, 2.45) is 5.92 Å². The number of nitrogens with one attached hydrogen (secondary N) is 2. The predicted molar refractivity (Wildman–Crippen MR) is 141 cm³/mol. The summed E-state index contributed by atoms with van der Waals surface area (Å²) in [5.74, 6) is 0.0594. The minimum Gasteiger partial charge on any atom is -0.496 e. The van der Waals surface area contributed by atoms with Gasteiger partial charge in [0.15, 0.2) is 5.69 Å². The van der Waals surface area contributed by atoms with Gasteiger partial charge in [0.25, 0.3) is 5.91 Å². The van der Waals surface area contributed by atoms with Gasteiger partial charge in [-0.25, -0.2) is 0 Å². The Kier molecular flexibility index (Phi) is 11.9. The molecule has 0 aliphatic carbocycles. The molecule has 2 N–H and O–H groups in total. The molecule has 10 heteroatoms. The van der Waals surface area contributed by atoms with Gasteiger partial charge in [-0.1, -0.05) is 52.5 Å². The molecule has 1 aromatic heterocycles. The van der Waals surface area contributed by atoms with E-state index in [0.29, 0.717) is 41.6 Å². The van der Waals surface area contributed by atoms with Crippen molar-refractivity contribution in [3.8, 4) is 22.8 Å². The first-order valence-electron chi connectivity index (χ1n) is 12.8. The average molecular weight is 517 g/mol. The summed E-state index contributed by atoms with van der Waals surface area (Å²) in [5, 5.41) is 9.97. The lowest BCUT2D eigenvalue weighted by atomic mass is 10.0. The number of carbonyl (C=O) groups excluding carboxylic acids is 3. The number of hydrogen-bond acceptors (Lipinski definition) is 7. The lowest BCUT2D eigenvalue weighted by Crippen LogP contribution is -2.48. The Hall–Kier alpha value is -3.56. The number of carbonyl (C=O) groups is 3. The number of nitrogens with zero attached hydrogens (tertiary/aromatic N) is 2. The Bertz CT molecular complexity index is 1030. The van der Waals surface area contributed by atoms with Crippen molar-refractivity contribution in [1.82, 2.24) is 20.4 Å². The third kappa shape index (κ3) is 7.96. The Morgan fingerprint density at radius 3 is 2.22 bits per heavy atom. The van der Waals surface area contributed by atoms with Gasteiger partial charge >= 0.3 is 5.97 Å². The van der Waals surface area contributed by atoms with E-state index in [1.54, 1.807) is 20.3 Å². The third-order valence-corrected chi connectivity index (χ3v) is 6.39. The maximum atomic E-state index is 13.3. The van der Waals surface area contributed by atoms with Crippen LogP contribution in [-0.4, -0.2) is 61.5 Å². The molecule has 0 spiro atoms. The van der Waals surface area contributed by atoms with Crippen LogP contribution < -0.4 is 20.1 Å². The van der Waals surface area contributed by atoms with Crippen molar-refractivity contribution in [2.75, 3.05) is 27.9 Å². The molecule has 37 heavy (non-hydrogen) atoms. The number of benzene rings is 1. The van der Waals surface area contributed by atoms with Crippen LogP contribution in [0.4, 0.5) is 0 Å². The number of esters is 1. The van der Waals surface area contributed by atoms with Crippen molar-refractivity contribution >= 4 is 17.8 Å². The molecule has 0 unspecified atom stereocenters. The van der Waals surface area contributed by atoms with E-state index in [2.05, 4.69) is 34.3 Å². The molecule has 0 aliphatic rings. The summed E-state index contributed by atoms with van der Waals surface area (Å²) < 4.78 is 17.6. The van der Waals surface area contributed by atoms with Gasteiger partial charge in [-0.2, -0.15) is 5.10 Å². The van der Waals surface area contributed by atoms with Gasteiger partial charge in [0.1, 0.15) is 24.1 Å². The largest absolute Gasteiger partial charge is 0.496 e. The summed E-state index contributed by atoms with van der Waals surface area (Å²) in [4.78, 5) is 37.5. The molecular formula is C27H40N4O6. The molecule has 2 rings (SSSR count). The molecule has 1 aromatic carbocycles. The van der Waals surface area contributed by atoms with Crippen LogP contribution in [0.1, 0.15) is 63.4 Å². The molecule has 0 bridgehead atoms. The van der Waals surface area contributed by atoms with E-state index in [0.717, 1.165) is 25.7 Å². The first-order valence-corrected chi connectivity index (χ1v) is 12.8. The maximum absolute atomic E-state index is 13.3. The summed E-state index contributed by atoms with van der Waals surface area (Å²) in [6.45, 7) is 6.59. The highest BCUT2D eigenvalue weighted by molar-refractivity contribution is 5.97. The molecule has 0 saturated carbocycles. The van der Waals surface area contributed by atoms with Gasteiger partial charge in [-0.05, 0) is 30.5 Å². The van der Waals surface area contributed by atoms with Gasteiger partial charge in [0.2, 0.25) is 5.91 Å². The van der Waals surface area contributed by atoms with E-state index in [1.165, 1.54) is 7.11 Å². The molecular weight excluding hydrogens is 476 g/mol. The van der Waals surface area contributed by atoms with Crippen LogP contribution >= 0.6 is 0 Å². The number of amides is 2. The second-order valence-corrected chi connectivity index (χ2v) is 8.78. The average Bonchev–Trinajstić information content (AvgIpc) is 3.34. The highest BCUT2D eigenvalue weighted by Crippen LogP contribution is 2.39. The Balaban J connectivity index is 2.44. The van der Waals surface area contributed by atoms with Crippen molar-refractivity contribution in [2.45, 2.75) is 65.5 Å². The summed E-state index contributed by atoms with van der Waals surface area (Å²) >= 11 is 0. The first-order chi connectivity index (χ1) is 17.8. The van der Waals surface area contributed by atoms with Crippen molar-refractivity contribution in [3.05, 3.63) is 30.0 Å². The van der Waals surface area contributed by atoms with Gasteiger partial charge in [-0.3, -0.25) is 19.1 Å². The van der Waals surface area contributed by atoms with Crippen LogP contribution in [0, 0.1) is 5.92 Å². The monoisotopic (exact) mass is 516 g/mol. The minimum absolute atomic E-state index is 0.177. The zero-order valence-electron chi connectivity index (χ0n) is 22.8. The number of unbranched alkanes of at least 4 members (excludes halogenated alkanes) is 1. The molecule has 204 valence electrons. The molecule has 0 saturated heterocycles. The van der Waals surface area contributed by atoms with E-state index in [-0.39, 0.29) is 12.2 Å². The van der Waals surface area contributed by atoms with Gasteiger partial charge in [0.05, 0.1) is 32.6 Å². The molecule has 0 fully saturated rings. The molecule has 1 atom stereocenters. The fourth-order valence-corrected chi connectivity index (χ4v) is 4.03. The smallest absolute Gasteiger partial charge is 0.325 e. The lowest BCUT2D eigenvalue weighted by molar-refractivity contribution is -0.141. The minimum atomic E-state index is -0.814. The second-order valence-electron chi connectivity index (χ2n) is 8.78. The van der Waals surface area contributed by atoms with Crippen LogP contribution in [0.5, 0.6) is 11.5 Å². The second kappa shape index (κ2) is 14.9. The number of hydrogen-bond donors (Lipinski definition) is 2. The number of methoxy groups -OCH3 is 3. The maximum Gasteiger partial charge on any atom is 0.325 e. The van der Waals surface area contributed by atoms with Crippen LogP contribution in [0.3, 0.4) is 0 Å². The fourth-order valence-electron chi connectivity index (χ4n) is 4.03.